The summed E-state index contributed by atoms with van der Waals surface area (Å²) in [5, 5.41) is 8.87. The van der Waals surface area contributed by atoms with Crippen LogP contribution in [-0.2, 0) is 0 Å². The Hall–Kier alpha value is -1.62. The molecule has 0 heterocycles. The maximum absolute atomic E-state index is 14.0. The molecule has 110 valence electrons. The average Bonchev–Trinajstić information content (AvgIpc) is 2.54. The molecule has 2 aliphatic carbocycles. The molecule has 0 radical (unpaired) electrons. The summed E-state index contributed by atoms with van der Waals surface area (Å²) in [4.78, 5) is 0. The van der Waals surface area contributed by atoms with Crippen LogP contribution in [0.4, 0.5) is 4.39 Å². The van der Waals surface area contributed by atoms with E-state index in [9.17, 15) is 4.39 Å². The zero-order valence-electron chi connectivity index (χ0n) is 15.1. The van der Waals surface area contributed by atoms with Crippen LogP contribution in [0.15, 0.2) is 30.9 Å². The highest BCUT2D eigenvalue weighted by Crippen LogP contribution is 2.47. The molecule has 0 amide bonds. The first kappa shape index (κ1) is 11.0. The predicted molar refractivity (Wildman–Crippen MR) is 82.2 cm³/mol. The molecule has 0 aliphatic heterocycles. The average molecular weight is 286 g/mol. The summed E-state index contributed by atoms with van der Waals surface area (Å²) in [6, 6.07) is 6.05. The smallest absolute Gasteiger partial charge is 0.141 e. The molecule has 0 saturated heterocycles. The number of halogens is 1. The summed E-state index contributed by atoms with van der Waals surface area (Å²) in [5.41, 5.74) is 0.460. The summed E-state index contributed by atoms with van der Waals surface area (Å²) < 4.78 is 39.9. The van der Waals surface area contributed by atoms with Crippen molar-refractivity contribution >= 4 is 0 Å². The molecule has 0 N–H and O–H groups in total. The van der Waals surface area contributed by atoms with Gasteiger partial charge in [-0.1, -0.05) is 12.1 Å². The number of nitriles is 1. The minimum Gasteiger partial charge on any atom is -0.206 e. The van der Waals surface area contributed by atoms with E-state index in [1.54, 1.807) is 12.1 Å². The molecule has 1 nitrogen and oxygen atoms in total. The molecule has 5 unspecified atom stereocenters. The summed E-state index contributed by atoms with van der Waals surface area (Å²) in [6.45, 7) is 3.86. The Morgan fingerprint density at radius 2 is 2.19 bits per heavy atom. The van der Waals surface area contributed by atoms with E-state index >= 15 is 0 Å². The maximum atomic E-state index is 14.0. The first-order valence-corrected chi connectivity index (χ1v) is 7.62. The third-order valence-electron chi connectivity index (χ3n) is 4.90. The second-order valence-corrected chi connectivity index (χ2v) is 6.14. The minimum atomic E-state index is -1.54. The Morgan fingerprint density at radius 1 is 1.33 bits per heavy atom. The van der Waals surface area contributed by atoms with Gasteiger partial charge in [0.15, 0.2) is 0 Å². The van der Waals surface area contributed by atoms with E-state index in [2.05, 4.69) is 6.58 Å². The van der Waals surface area contributed by atoms with Gasteiger partial charge in [0.05, 0.1) is 5.56 Å². The van der Waals surface area contributed by atoms with Gasteiger partial charge in [0.2, 0.25) is 0 Å². The van der Waals surface area contributed by atoms with Gasteiger partial charge in [-0.15, -0.1) is 6.58 Å². The van der Waals surface area contributed by atoms with Crippen LogP contribution in [0.3, 0.4) is 0 Å². The quantitative estimate of drug-likeness (QED) is 0.687. The van der Waals surface area contributed by atoms with Crippen LogP contribution in [0, 0.1) is 34.9 Å². The molecule has 0 spiro atoms. The number of rotatable bonds is 2. The maximum Gasteiger partial charge on any atom is 0.141 e. The second kappa shape index (κ2) is 6.02. The van der Waals surface area contributed by atoms with Crippen LogP contribution >= 0.6 is 0 Å². The fourth-order valence-corrected chi connectivity index (χ4v) is 3.65. The van der Waals surface area contributed by atoms with Gasteiger partial charge in [-0.2, -0.15) is 5.26 Å². The molecule has 2 saturated carbocycles. The van der Waals surface area contributed by atoms with Crippen LogP contribution in [0.5, 0.6) is 0 Å². The van der Waals surface area contributed by atoms with Gasteiger partial charge in [-0.05, 0) is 79.8 Å². The van der Waals surface area contributed by atoms with Crippen molar-refractivity contribution in [2.24, 2.45) is 17.8 Å². The third kappa shape index (κ3) is 2.88. The monoisotopic (exact) mass is 286 g/mol. The second-order valence-electron chi connectivity index (χ2n) is 6.14. The van der Waals surface area contributed by atoms with Crippen LogP contribution in [0.2, 0.25) is 0 Å². The number of nitrogens with zero attached hydrogens (tertiary/aromatic N) is 1. The van der Waals surface area contributed by atoms with Gasteiger partial charge in [0, 0.05) is 4.11 Å². The highest BCUT2D eigenvalue weighted by atomic mass is 19.1. The lowest BCUT2D eigenvalue weighted by Crippen LogP contribution is -2.30. The molecule has 1 aromatic carbocycles. The van der Waals surface area contributed by atoms with E-state index in [4.69, 9.17) is 9.37 Å². The molecular formula is C19H22FN. The van der Waals surface area contributed by atoms with Crippen molar-refractivity contribution in [3.63, 3.8) is 0 Å². The summed E-state index contributed by atoms with van der Waals surface area (Å²) >= 11 is 0. The zero-order chi connectivity index (χ0) is 17.5. The lowest BCUT2D eigenvalue weighted by Gasteiger charge is -2.41. The topological polar surface area (TPSA) is 23.8 Å². The van der Waals surface area contributed by atoms with E-state index in [1.807, 2.05) is 6.08 Å². The molecule has 2 fully saturated rings. The Balaban J connectivity index is 1.93. The lowest BCUT2D eigenvalue weighted by atomic mass is 9.64. The Morgan fingerprint density at radius 3 is 2.90 bits per heavy atom. The van der Waals surface area contributed by atoms with Crippen molar-refractivity contribution < 1.29 is 8.50 Å². The normalized spacial score (nSPS) is 40.0. The van der Waals surface area contributed by atoms with Gasteiger partial charge in [0.25, 0.3) is 0 Å². The number of fused-ring (bicyclic) bond motifs is 1. The summed E-state index contributed by atoms with van der Waals surface area (Å²) in [6.07, 6.45) is 3.07. The van der Waals surface area contributed by atoms with Gasteiger partial charge in [0.1, 0.15) is 11.9 Å². The van der Waals surface area contributed by atoms with Crippen molar-refractivity contribution in [1.82, 2.24) is 0 Å². The SMILES string of the molecule is [2H]C1CC2CC(C=C)CCC2C([2H])([2H])C1c1ccc(C#N)c(F)c1. The summed E-state index contributed by atoms with van der Waals surface area (Å²) in [5.74, 6) is -0.771. The fourth-order valence-electron chi connectivity index (χ4n) is 3.65. The number of hydrogen-bond acceptors (Lipinski definition) is 1. The fraction of sp³-hybridized carbons (Fsp3) is 0.526. The first-order valence-electron chi connectivity index (χ1n) is 9.20. The number of hydrogen-bond donors (Lipinski definition) is 0. The molecule has 2 heteroatoms. The molecule has 0 bridgehead atoms. The van der Waals surface area contributed by atoms with Gasteiger partial charge < -0.3 is 0 Å². The van der Waals surface area contributed by atoms with E-state index in [1.165, 1.54) is 12.1 Å². The minimum absolute atomic E-state index is 0.0407. The Labute approximate surface area is 130 Å². The van der Waals surface area contributed by atoms with E-state index < -0.39 is 24.5 Å². The van der Waals surface area contributed by atoms with Crippen molar-refractivity contribution in [1.29, 1.82) is 5.26 Å². The largest absolute Gasteiger partial charge is 0.206 e. The third-order valence-corrected chi connectivity index (χ3v) is 4.90. The van der Waals surface area contributed by atoms with Crippen molar-refractivity contribution in [3.8, 4) is 6.07 Å². The Bertz CT molecular complexity index is 682. The van der Waals surface area contributed by atoms with E-state index in [0.29, 0.717) is 17.9 Å². The molecule has 21 heavy (non-hydrogen) atoms. The number of benzene rings is 1. The van der Waals surface area contributed by atoms with Gasteiger partial charge in [-0.25, -0.2) is 4.39 Å². The highest BCUT2D eigenvalue weighted by molar-refractivity contribution is 5.35. The van der Waals surface area contributed by atoms with Crippen molar-refractivity contribution in [3.05, 3.63) is 47.8 Å². The molecule has 0 aromatic heterocycles. The highest BCUT2D eigenvalue weighted by Gasteiger charge is 2.35. The molecule has 5 atom stereocenters. The molecule has 3 rings (SSSR count). The standard InChI is InChI=1S/C19H22FN/c1-2-13-3-4-15-10-16(6-5-14(15)9-13)17-7-8-18(12-21)19(20)11-17/h2,7-8,11,13-16H,1,3-6,9-10H2/i6D,10D2. The first-order chi connectivity index (χ1) is 11.4. The Kier molecular flexibility index (Phi) is 3.16. The molecular weight excluding hydrogens is 261 g/mol. The van der Waals surface area contributed by atoms with E-state index in [0.717, 1.165) is 19.3 Å². The van der Waals surface area contributed by atoms with Crippen LogP contribution in [-0.4, -0.2) is 0 Å². The van der Waals surface area contributed by atoms with Crippen LogP contribution in [0.25, 0.3) is 0 Å². The predicted octanol–water partition coefficient (Wildman–Crippen LogP) is 5.18. The van der Waals surface area contributed by atoms with Gasteiger partial charge >= 0.3 is 0 Å². The van der Waals surface area contributed by atoms with Gasteiger partial charge in [-0.3, -0.25) is 0 Å². The van der Waals surface area contributed by atoms with E-state index in [-0.39, 0.29) is 17.4 Å². The van der Waals surface area contributed by atoms with Crippen molar-refractivity contribution in [2.75, 3.05) is 0 Å². The van der Waals surface area contributed by atoms with Crippen LogP contribution in [0.1, 0.15) is 59.6 Å². The lowest BCUT2D eigenvalue weighted by molar-refractivity contribution is 0.133. The zero-order valence-corrected chi connectivity index (χ0v) is 12.1. The summed E-state index contributed by atoms with van der Waals surface area (Å²) in [7, 11) is 0. The molecule has 2 aliphatic rings. The number of allylic oxidation sites excluding steroid dienone is 1. The van der Waals surface area contributed by atoms with Crippen LogP contribution < -0.4 is 0 Å². The molecule has 1 aromatic rings. The van der Waals surface area contributed by atoms with Crippen molar-refractivity contribution in [2.45, 2.75) is 44.4 Å².